The molecule has 0 bridgehead atoms. The highest BCUT2D eigenvalue weighted by molar-refractivity contribution is 6.31. The predicted molar refractivity (Wildman–Crippen MR) is 76.9 cm³/mol. The highest BCUT2D eigenvalue weighted by Crippen LogP contribution is 2.36. The first kappa shape index (κ1) is 13.6. The number of nitro benzene ring substituents is 1. The molecule has 0 fully saturated rings. The maximum Gasteiger partial charge on any atom is 0.269 e. The molecule has 0 saturated heterocycles. The molecule has 0 N–H and O–H groups in total. The van der Waals surface area contributed by atoms with E-state index in [1.165, 1.54) is 12.1 Å². The van der Waals surface area contributed by atoms with Crippen LogP contribution in [0.4, 0.5) is 5.69 Å². The van der Waals surface area contributed by atoms with E-state index in [4.69, 9.17) is 16.3 Å². The zero-order chi connectivity index (χ0) is 15.0. The minimum absolute atomic E-state index is 0.00747. The molecule has 106 valence electrons. The zero-order valence-electron chi connectivity index (χ0n) is 10.8. The van der Waals surface area contributed by atoms with Gasteiger partial charge in [0.15, 0.2) is 5.78 Å². The lowest BCUT2D eigenvalue weighted by atomic mass is 9.96. The van der Waals surface area contributed by atoms with Crippen LogP contribution >= 0.6 is 11.6 Å². The third kappa shape index (κ3) is 2.60. The van der Waals surface area contributed by atoms with Crippen LogP contribution in [-0.2, 0) is 0 Å². The fourth-order valence-electron chi connectivity index (χ4n) is 2.29. The van der Waals surface area contributed by atoms with Gasteiger partial charge in [-0.15, -0.1) is 0 Å². The number of hydrogen-bond acceptors (Lipinski definition) is 4. The average molecular weight is 304 g/mol. The van der Waals surface area contributed by atoms with Crippen LogP contribution in [0.5, 0.6) is 5.75 Å². The minimum Gasteiger partial charge on any atom is -0.484 e. The first-order valence-electron chi connectivity index (χ1n) is 6.28. The lowest BCUT2D eigenvalue weighted by Crippen LogP contribution is -2.20. The van der Waals surface area contributed by atoms with E-state index in [-0.39, 0.29) is 17.9 Å². The van der Waals surface area contributed by atoms with Crippen molar-refractivity contribution < 1.29 is 14.5 Å². The van der Waals surface area contributed by atoms with Gasteiger partial charge in [-0.25, -0.2) is 0 Å². The highest BCUT2D eigenvalue weighted by Gasteiger charge is 2.28. The second-order valence-corrected chi connectivity index (χ2v) is 5.16. The van der Waals surface area contributed by atoms with Gasteiger partial charge in [-0.3, -0.25) is 14.9 Å². The van der Waals surface area contributed by atoms with Gasteiger partial charge in [-0.1, -0.05) is 11.6 Å². The largest absolute Gasteiger partial charge is 0.484 e. The molecular formula is C15H10ClNO4. The summed E-state index contributed by atoms with van der Waals surface area (Å²) in [4.78, 5) is 22.3. The van der Waals surface area contributed by atoms with Crippen molar-refractivity contribution >= 4 is 23.1 Å². The van der Waals surface area contributed by atoms with Crippen LogP contribution < -0.4 is 4.74 Å². The Bertz CT molecular complexity index is 727. The first-order chi connectivity index (χ1) is 10.0. The first-order valence-corrected chi connectivity index (χ1v) is 6.66. The summed E-state index contributed by atoms with van der Waals surface area (Å²) in [7, 11) is 0. The van der Waals surface area contributed by atoms with E-state index in [0.717, 1.165) is 5.56 Å². The smallest absolute Gasteiger partial charge is 0.269 e. The lowest BCUT2D eigenvalue weighted by Gasteiger charge is -2.25. The minimum atomic E-state index is -0.464. The number of halogens is 1. The molecule has 5 nitrogen and oxygen atoms in total. The summed E-state index contributed by atoms with van der Waals surface area (Å²) in [5.74, 6) is 0.432. The molecule has 6 heteroatoms. The van der Waals surface area contributed by atoms with Gasteiger partial charge >= 0.3 is 0 Å². The number of nitro groups is 1. The van der Waals surface area contributed by atoms with Crippen LogP contribution in [0.1, 0.15) is 28.4 Å². The molecule has 0 aliphatic carbocycles. The summed E-state index contributed by atoms with van der Waals surface area (Å²) in [6.45, 7) is 0. The molecule has 0 spiro atoms. The number of benzene rings is 2. The number of ketones is 1. The Kier molecular flexibility index (Phi) is 3.35. The number of Topliss-reactive ketones (excluding diaryl/α,β-unsaturated/α-hetero) is 1. The van der Waals surface area contributed by atoms with E-state index in [1.54, 1.807) is 30.3 Å². The summed E-state index contributed by atoms with van der Waals surface area (Å²) < 4.78 is 5.79. The molecular weight excluding hydrogens is 294 g/mol. The van der Waals surface area contributed by atoms with Gasteiger partial charge in [0.05, 0.1) is 16.9 Å². The second-order valence-electron chi connectivity index (χ2n) is 4.72. The van der Waals surface area contributed by atoms with Crippen molar-refractivity contribution in [1.82, 2.24) is 0 Å². The predicted octanol–water partition coefficient (Wildman–Crippen LogP) is 3.95. The number of nitrogens with zero attached hydrogens (tertiary/aromatic N) is 1. The Labute approximate surface area is 125 Å². The van der Waals surface area contributed by atoms with Gasteiger partial charge in [0.2, 0.25) is 0 Å². The molecule has 1 aliphatic rings. The molecule has 0 aromatic heterocycles. The van der Waals surface area contributed by atoms with Crippen LogP contribution in [0.2, 0.25) is 5.02 Å². The second kappa shape index (κ2) is 5.18. The standard InChI is InChI=1S/C15H10ClNO4/c16-10-3-6-14-12(7-10)13(18)8-15(21-14)9-1-4-11(5-2-9)17(19)20/h1-7,15H,8H2. The molecule has 1 unspecified atom stereocenters. The Hall–Kier alpha value is -2.40. The average Bonchev–Trinajstić information content (AvgIpc) is 2.48. The van der Waals surface area contributed by atoms with E-state index in [9.17, 15) is 14.9 Å². The molecule has 1 atom stereocenters. The molecule has 0 saturated carbocycles. The highest BCUT2D eigenvalue weighted by atomic mass is 35.5. The van der Waals surface area contributed by atoms with Crippen LogP contribution in [0.15, 0.2) is 42.5 Å². The monoisotopic (exact) mass is 303 g/mol. The van der Waals surface area contributed by atoms with Crippen molar-refractivity contribution in [2.24, 2.45) is 0 Å². The number of non-ortho nitro benzene ring substituents is 1. The maximum absolute atomic E-state index is 12.1. The molecule has 1 aliphatic heterocycles. The Morgan fingerprint density at radius 3 is 2.57 bits per heavy atom. The molecule has 0 amide bonds. The number of fused-ring (bicyclic) bond motifs is 1. The zero-order valence-corrected chi connectivity index (χ0v) is 11.5. The van der Waals surface area contributed by atoms with Crippen LogP contribution in [0.25, 0.3) is 0 Å². The van der Waals surface area contributed by atoms with E-state index in [1.807, 2.05) is 0 Å². The fourth-order valence-corrected chi connectivity index (χ4v) is 2.46. The Morgan fingerprint density at radius 2 is 1.90 bits per heavy atom. The SMILES string of the molecule is O=C1CC(c2ccc([N+](=O)[O-])cc2)Oc2ccc(Cl)cc21. The Morgan fingerprint density at radius 1 is 1.19 bits per heavy atom. The van der Waals surface area contributed by atoms with Gasteiger partial charge in [-0.2, -0.15) is 0 Å². The van der Waals surface area contributed by atoms with Crippen LogP contribution in [-0.4, -0.2) is 10.7 Å². The summed E-state index contributed by atoms with van der Waals surface area (Å²) in [5.41, 5.74) is 1.21. The number of rotatable bonds is 2. The number of ether oxygens (including phenoxy) is 1. The third-order valence-electron chi connectivity index (χ3n) is 3.36. The topological polar surface area (TPSA) is 69.4 Å². The maximum atomic E-state index is 12.1. The summed E-state index contributed by atoms with van der Waals surface area (Å²) in [6, 6.07) is 10.9. The van der Waals surface area contributed by atoms with Crippen molar-refractivity contribution in [3.05, 3.63) is 68.7 Å². The van der Waals surface area contributed by atoms with Gasteiger partial charge in [-0.05, 0) is 35.9 Å². The fraction of sp³-hybridized carbons (Fsp3) is 0.133. The Balaban J connectivity index is 1.90. The van der Waals surface area contributed by atoms with E-state index in [0.29, 0.717) is 16.3 Å². The quantitative estimate of drug-likeness (QED) is 0.622. The molecule has 2 aromatic rings. The van der Waals surface area contributed by atoms with Crippen molar-refractivity contribution in [1.29, 1.82) is 0 Å². The lowest BCUT2D eigenvalue weighted by molar-refractivity contribution is -0.384. The van der Waals surface area contributed by atoms with Gasteiger partial charge < -0.3 is 4.74 Å². The van der Waals surface area contributed by atoms with E-state index < -0.39 is 11.0 Å². The van der Waals surface area contributed by atoms with Gasteiger partial charge in [0.1, 0.15) is 11.9 Å². The van der Waals surface area contributed by atoms with Crippen molar-refractivity contribution in [2.45, 2.75) is 12.5 Å². The molecule has 1 heterocycles. The van der Waals surface area contributed by atoms with Crippen molar-refractivity contribution in [3.63, 3.8) is 0 Å². The summed E-state index contributed by atoms with van der Waals surface area (Å²) in [6.07, 6.45) is -0.252. The van der Waals surface area contributed by atoms with Crippen LogP contribution in [0.3, 0.4) is 0 Å². The van der Waals surface area contributed by atoms with Crippen LogP contribution in [0, 0.1) is 10.1 Å². The molecule has 2 aromatic carbocycles. The number of carbonyl (C=O) groups is 1. The molecule has 3 rings (SSSR count). The number of hydrogen-bond donors (Lipinski definition) is 0. The number of carbonyl (C=O) groups excluding carboxylic acids is 1. The van der Waals surface area contributed by atoms with E-state index in [2.05, 4.69) is 0 Å². The summed E-state index contributed by atoms with van der Waals surface area (Å²) >= 11 is 5.87. The van der Waals surface area contributed by atoms with Crippen molar-refractivity contribution in [3.8, 4) is 5.75 Å². The molecule has 21 heavy (non-hydrogen) atoms. The molecule has 0 radical (unpaired) electrons. The van der Waals surface area contributed by atoms with E-state index >= 15 is 0 Å². The van der Waals surface area contributed by atoms with Gasteiger partial charge in [0.25, 0.3) is 5.69 Å². The normalized spacial score (nSPS) is 17.0. The third-order valence-corrected chi connectivity index (χ3v) is 3.59. The summed E-state index contributed by atoms with van der Waals surface area (Å²) in [5, 5.41) is 11.1. The van der Waals surface area contributed by atoms with Crippen molar-refractivity contribution in [2.75, 3.05) is 0 Å². The van der Waals surface area contributed by atoms with Gasteiger partial charge in [0, 0.05) is 17.2 Å².